The zero-order chi connectivity index (χ0) is 19.5. The van der Waals surface area contributed by atoms with Crippen LogP contribution in [0.15, 0.2) is 65.4 Å². The first-order valence-corrected chi connectivity index (χ1v) is 9.79. The molecule has 0 fully saturated rings. The van der Waals surface area contributed by atoms with Crippen LogP contribution in [0.2, 0.25) is 0 Å². The summed E-state index contributed by atoms with van der Waals surface area (Å²) in [6, 6.07) is 14.4. The van der Waals surface area contributed by atoms with Crippen molar-refractivity contribution >= 4 is 27.3 Å². The number of aromatic nitrogens is 3. The van der Waals surface area contributed by atoms with Crippen LogP contribution in [0.5, 0.6) is 0 Å². The Morgan fingerprint density at radius 3 is 2.68 bits per heavy atom. The Morgan fingerprint density at radius 2 is 1.89 bits per heavy atom. The van der Waals surface area contributed by atoms with Crippen molar-refractivity contribution in [1.29, 1.82) is 0 Å². The molecule has 0 saturated heterocycles. The van der Waals surface area contributed by atoms with Crippen molar-refractivity contribution < 1.29 is 4.39 Å². The van der Waals surface area contributed by atoms with Gasteiger partial charge in [-0.15, -0.1) is 0 Å². The smallest absolute Gasteiger partial charge is 0.126 e. The zero-order valence-corrected chi connectivity index (χ0v) is 16.7. The van der Waals surface area contributed by atoms with Gasteiger partial charge in [-0.2, -0.15) is 5.10 Å². The van der Waals surface area contributed by atoms with E-state index in [1.165, 1.54) is 12.1 Å². The van der Waals surface area contributed by atoms with Crippen LogP contribution in [0.25, 0.3) is 27.9 Å². The third kappa shape index (κ3) is 3.76. The van der Waals surface area contributed by atoms with Crippen LogP contribution >= 0.6 is 15.9 Å². The third-order valence-electron chi connectivity index (χ3n) is 4.45. The van der Waals surface area contributed by atoms with Crippen molar-refractivity contribution in [2.45, 2.75) is 6.42 Å². The van der Waals surface area contributed by atoms with Crippen molar-refractivity contribution in [2.24, 2.45) is 5.73 Å². The summed E-state index contributed by atoms with van der Waals surface area (Å²) in [6.07, 6.45) is 4.56. The van der Waals surface area contributed by atoms with E-state index < -0.39 is 0 Å². The van der Waals surface area contributed by atoms with Gasteiger partial charge in [0.2, 0.25) is 0 Å². The molecule has 7 heteroatoms. The normalized spacial score (nSPS) is 11.1. The minimum absolute atomic E-state index is 0.271. The van der Waals surface area contributed by atoms with Gasteiger partial charge in [0.15, 0.2) is 0 Å². The van der Waals surface area contributed by atoms with E-state index >= 15 is 0 Å². The van der Waals surface area contributed by atoms with Crippen LogP contribution in [0.1, 0.15) is 6.42 Å². The Balaban J connectivity index is 1.86. The predicted molar refractivity (Wildman–Crippen MR) is 114 cm³/mol. The first kappa shape index (κ1) is 18.6. The molecule has 28 heavy (non-hydrogen) atoms. The van der Waals surface area contributed by atoms with Crippen molar-refractivity contribution in [3.63, 3.8) is 0 Å². The van der Waals surface area contributed by atoms with Crippen LogP contribution in [0, 0.1) is 5.82 Å². The Bertz CT molecular complexity index is 1110. The Labute approximate surface area is 170 Å². The fourth-order valence-corrected chi connectivity index (χ4v) is 3.45. The molecule has 142 valence electrons. The summed E-state index contributed by atoms with van der Waals surface area (Å²) >= 11 is 3.49. The van der Waals surface area contributed by atoms with E-state index in [9.17, 15) is 4.39 Å². The maximum Gasteiger partial charge on any atom is 0.126 e. The number of anilines is 1. The van der Waals surface area contributed by atoms with E-state index in [0.717, 1.165) is 51.2 Å². The van der Waals surface area contributed by atoms with E-state index in [4.69, 9.17) is 10.8 Å². The number of pyridine rings is 2. The molecule has 0 aliphatic rings. The molecular weight excluding hydrogens is 421 g/mol. The average molecular weight is 440 g/mol. The molecule has 3 N–H and O–H groups in total. The summed E-state index contributed by atoms with van der Waals surface area (Å²) < 4.78 is 16.2. The van der Waals surface area contributed by atoms with Gasteiger partial charge in [0.1, 0.15) is 17.3 Å². The van der Waals surface area contributed by atoms with Crippen LogP contribution in [-0.4, -0.2) is 27.7 Å². The van der Waals surface area contributed by atoms with Crippen molar-refractivity contribution in [3.05, 3.63) is 71.2 Å². The lowest BCUT2D eigenvalue weighted by Crippen LogP contribution is -2.09. The molecule has 4 rings (SSSR count). The largest absolute Gasteiger partial charge is 0.370 e. The molecule has 0 saturated carbocycles. The minimum Gasteiger partial charge on any atom is -0.370 e. The first-order valence-electron chi connectivity index (χ1n) is 9.00. The van der Waals surface area contributed by atoms with Crippen molar-refractivity contribution in [1.82, 2.24) is 14.6 Å². The molecule has 0 radical (unpaired) electrons. The third-order valence-corrected chi connectivity index (χ3v) is 4.92. The lowest BCUT2D eigenvalue weighted by Gasteiger charge is -2.08. The summed E-state index contributed by atoms with van der Waals surface area (Å²) in [4.78, 5) is 4.39. The average Bonchev–Trinajstić information content (AvgIpc) is 3.07. The van der Waals surface area contributed by atoms with E-state index in [1.807, 2.05) is 35.0 Å². The lowest BCUT2D eigenvalue weighted by molar-refractivity contribution is 0.628. The second-order valence-corrected chi connectivity index (χ2v) is 7.32. The standard InChI is InChI=1S/C21H19BrFN5/c22-16-4-7-18-20(15-8-11-26-19(12-15)25-10-1-9-24)21(27-28(18)13-16)14-2-5-17(23)6-3-14/h2-8,11-13H,1,9-10,24H2,(H,25,26). The van der Waals surface area contributed by atoms with E-state index in [2.05, 4.69) is 26.2 Å². The topological polar surface area (TPSA) is 68.2 Å². The molecule has 0 amide bonds. The quantitative estimate of drug-likeness (QED) is 0.426. The molecule has 0 unspecified atom stereocenters. The SMILES string of the molecule is NCCCNc1cc(-c2c(-c3ccc(F)cc3)nn3cc(Br)ccc23)ccn1. The number of hydrogen-bond acceptors (Lipinski definition) is 4. The van der Waals surface area contributed by atoms with Crippen molar-refractivity contribution in [3.8, 4) is 22.4 Å². The summed E-state index contributed by atoms with van der Waals surface area (Å²) in [5.41, 5.74) is 10.1. The highest BCUT2D eigenvalue weighted by atomic mass is 79.9. The molecule has 0 aliphatic heterocycles. The maximum atomic E-state index is 13.4. The molecule has 0 atom stereocenters. The van der Waals surface area contributed by atoms with Gasteiger partial charge in [0.05, 0.1) is 5.52 Å². The molecular formula is C21H19BrFN5. The van der Waals surface area contributed by atoms with Crippen LogP contribution in [-0.2, 0) is 0 Å². The summed E-state index contributed by atoms with van der Waals surface area (Å²) in [6.45, 7) is 1.39. The van der Waals surface area contributed by atoms with Gasteiger partial charge in [0.25, 0.3) is 0 Å². The highest BCUT2D eigenvalue weighted by Crippen LogP contribution is 2.36. The Morgan fingerprint density at radius 1 is 1.07 bits per heavy atom. The number of halogens is 2. The van der Waals surface area contributed by atoms with E-state index in [-0.39, 0.29) is 5.82 Å². The van der Waals surface area contributed by atoms with Gasteiger partial charge in [-0.05, 0) is 83.0 Å². The number of nitrogens with two attached hydrogens (primary N) is 1. The molecule has 4 aromatic rings. The fraction of sp³-hybridized carbons (Fsp3) is 0.143. The summed E-state index contributed by atoms with van der Waals surface area (Å²) in [5.74, 6) is 0.513. The molecule has 3 aromatic heterocycles. The lowest BCUT2D eigenvalue weighted by atomic mass is 10.0. The number of benzene rings is 1. The zero-order valence-electron chi connectivity index (χ0n) is 15.1. The highest BCUT2D eigenvalue weighted by Gasteiger charge is 2.17. The second kappa shape index (κ2) is 8.08. The van der Waals surface area contributed by atoms with Gasteiger partial charge >= 0.3 is 0 Å². The van der Waals surface area contributed by atoms with Gasteiger partial charge in [-0.3, -0.25) is 0 Å². The molecule has 0 aliphatic carbocycles. The summed E-state index contributed by atoms with van der Waals surface area (Å²) in [5, 5.41) is 8.06. The maximum absolute atomic E-state index is 13.4. The number of nitrogens with zero attached hydrogens (tertiary/aromatic N) is 3. The molecule has 0 spiro atoms. The van der Waals surface area contributed by atoms with Crippen LogP contribution in [0.4, 0.5) is 10.2 Å². The Kier molecular flexibility index (Phi) is 5.36. The monoisotopic (exact) mass is 439 g/mol. The fourth-order valence-electron chi connectivity index (χ4n) is 3.12. The van der Waals surface area contributed by atoms with E-state index in [1.54, 1.807) is 18.3 Å². The van der Waals surface area contributed by atoms with Crippen LogP contribution in [0.3, 0.4) is 0 Å². The van der Waals surface area contributed by atoms with Gasteiger partial charge in [-0.25, -0.2) is 13.9 Å². The number of fused-ring (bicyclic) bond motifs is 1. The minimum atomic E-state index is -0.271. The van der Waals surface area contributed by atoms with Crippen molar-refractivity contribution in [2.75, 3.05) is 18.4 Å². The first-order chi connectivity index (χ1) is 13.7. The summed E-state index contributed by atoms with van der Waals surface area (Å²) in [7, 11) is 0. The van der Waals surface area contributed by atoms with Crippen LogP contribution < -0.4 is 11.1 Å². The number of nitrogens with one attached hydrogen (secondary N) is 1. The molecule has 3 heterocycles. The molecule has 0 bridgehead atoms. The van der Waals surface area contributed by atoms with E-state index in [0.29, 0.717) is 6.54 Å². The second-order valence-electron chi connectivity index (χ2n) is 6.41. The van der Waals surface area contributed by atoms with Gasteiger partial charge < -0.3 is 11.1 Å². The number of hydrogen-bond donors (Lipinski definition) is 2. The Hall–Kier alpha value is -2.77. The molecule has 1 aromatic carbocycles. The van der Waals surface area contributed by atoms with Gasteiger partial charge in [0, 0.05) is 34.5 Å². The number of rotatable bonds is 6. The molecule has 5 nitrogen and oxygen atoms in total. The predicted octanol–water partition coefficient (Wildman–Crippen LogP) is 4.73. The highest BCUT2D eigenvalue weighted by molar-refractivity contribution is 9.10. The van der Waals surface area contributed by atoms with Gasteiger partial charge in [-0.1, -0.05) is 0 Å².